The van der Waals surface area contributed by atoms with Crippen LogP contribution in [0.4, 0.5) is 4.39 Å². The van der Waals surface area contributed by atoms with Gasteiger partial charge in [-0.2, -0.15) is 17.0 Å². The molecule has 0 aliphatic heterocycles. The first-order chi connectivity index (χ1) is 8.04. The van der Waals surface area contributed by atoms with Crippen LogP contribution in [-0.4, -0.2) is 16.8 Å². The standard InChI is InChI=1S/C12H12FNO2S/c1-8(12(15)16)6-17-7-9-2-3-11(13)10(4-9)5-14/h2-4,8H,6-7H2,1H3,(H,15,16). The smallest absolute Gasteiger partial charge is 0.307 e. The van der Waals surface area contributed by atoms with Gasteiger partial charge in [0.1, 0.15) is 11.9 Å². The lowest BCUT2D eigenvalue weighted by atomic mass is 10.1. The number of nitrogens with zero attached hydrogens (tertiary/aromatic N) is 1. The maximum atomic E-state index is 13.0. The van der Waals surface area contributed by atoms with E-state index in [1.807, 2.05) is 0 Å². The molecule has 0 radical (unpaired) electrons. The van der Waals surface area contributed by atoms with E-state index in [4.69, 9.17) is 10.4 Å². The number of nitriles is 1. The number of benzene rings is 1. The third-order valence-corrected chi connectivity index (χ3v) is 3.48. The summed E-state index contributed by atoms with van der Waals surface area (Å²) in [5.41, 5.74) is 0.847. The SMILES string of the molecule is CC(CSCc1ccc(F)c(C#N)c1)C(=O)O. The molecular weight excluding hydrogens is 241 g/mol. The summed E-state index contributed by atoms with van der Waals surface area (Å²) in [6.45, 7) is 1.64. The highest BCUT2D eigenvalue weighted by molar-refractivity contribution is 7.98. The molecule has 0 aliphatic carbocycles. The topological polar surface area (TPSA) is 61.1 Å². The van der Waals surface area contributed by atoms with Gasteiger partial charge in [0.25, 0.3) is 0 Å². The minimum absolute atomic E-state index is 0.0226. The second kappa shape index (κ2) is 6.26. The van der Waals surface area contributed by atoms with E-state index in [0.29, 0.717) is 11.5 Å². The number of carbonyl (C=O) groups is 1. The molecule has 5 heteroatoms. The van der Waals surface area contributed by atoms with Gasteiger partial charge in [0, 0.05) is 11.5 Å². The van der Waals surface area contributed by atoms with Crippen LogP contribution >= 0.6 is 11.8 Å². The Morgan fingerprint density at radius 1 is 1.65 bits per heavy atom. The van der Waals surface area contributed by atoms with Gasteiger partial charge in [-0.3, -0.25) is 4.79 Å². The predicted molar refractivity (Wildman–Crippen MR) is 64.1 cm³/mol. The van der Waals surface area contributed by atoms with Crippen molar-refractivity contribution in [2.75, 3.05) is 5.75 Å². The molecule has 0 saturated heterocycles. The summed E-state index contributed by atoms with van der Waals surface area (Å²) in [7, 11) is 0. The molecular formula is C12H12FNO2S. The van der Waals surface area contributed by atoms with Gasteiger partial charge in [-0.1, -0.05) is 13.0 Å². The Morgan fingerprint density at radius 3 is 2.94 bits per heavy atom. The van der Waals surface area contributed by atoms with Crippen molar-refractivity contribution in [3.63, 3.8) is 0 Å². The quantitative estimate of drug-likeness (QED) is 0.876. The van der Waals surface area contributed by atoms with Gasteiger partial charge in [-0.05, 0) is 17.7 Å². The maximum Gasteiger partial charge on any atom is 0.307 e. The minimum atomic E-state index is -0.825. The van der Waals surface area contributed by atoms with Crippen LogP contribution in [-0.2, 0) is 10.5 Å². The molecule has 0 spiro atoms. The average molecular weight is 253 g/mol. The van der Waals surface area contributed by atoms with Gasteiger partial charge in [0.05, 0.1) is 11.5 Å². The Kier molecular flexibility index (Phi) is 4.98. The van der Waals surface area contributed by atoms with Crippen molar-refractivity contribution < 1.29 is 14.3 Å². The number of carboxylic acid groups (broad SMARTS) is 1. The van der Waals surface area contributed by atoms with Crippen molar-refractivity contribution in [3.8, 4) is 6.07 Å². The molecule has 0 aromatic heterocycles. The number of carboxylic acids is 1. The summed E-state index contributed by atoms with van der Waals surface area (Å²) in [6, 6.07) is 6.13. The van der Waals surface area contributed by atoms with E-state index < -0.39 is 17.7 Å². The Labute approximate surface area is 103 Å². The van der Waals surface area contributed by atoms with Gasteiger partial charge in [-0.15, -0.1) is 0 Å². The third-order valence-electron chi connectivity index (χ3n) is 2.21. The van der Waals surface area contributed by atoms with Gasteiger partial charge < -0.3 is 5.11 Å². The minimum Gasteiger partial charge on any atom is -0.481 e. The molecule has 0 heterocycles. The summed E-state index contributed by atoms with van der Waals surface area (Å²) in [5.74, 6) is -0.688. The van der Waals surface area contributed by atoms with Gasteiger partial charge in [0.2, 0.25) is 0 Å². The first kappa shape index (κ1) is 13.5. The highest BCUT2D eigenvalue weighted by atomic mass is 32.2. The van der Waals surface area contributed by atoms with E-state index in [0.717, 1.165) is 5.56 Å². The summed E-state index contributed by atoms with van der Waals surface area (Å²) in [5, 5.41) is 17.3. The number of aliphatic carboxylic acids is 1. The van der Waals surface area contributed by atoms with Crippen LogP contribution in [0.5, 0.6) is 0 Å². The Morgan fingerprint density at radius 2 is 2.35 bits per heavy atom. The largest absolute Gasteiger partial charge is 0.481 e. The number of hydrogen-bond donors (Lipinski definition) is 1. The van der Waals surface area contributed by atoms with Crippen LogP contribution in [0.3, 0.4) is 0 Å². The normalized spacial score (nSPS) is 11.8. The molecule has 17 heavy (non-hydrogen) atoms. The average Bonchev–Trinajstić information content (AvgIpc) is 2.31. The Hall–Kier alpha value is -1.54. The molecule has 1 aromatic carbocycles. The highest BCUT2D eigenvalue weighted by Gasteiger charge is 2.10. The Bertz CT molecular complexity index is 456. The van der Waals surface area contributed by atoms with Crippen LogP contribution in [0.25, 0.3) is 0 Å². The molecule has 0 bridgehead atoms. The van der Waals surface area contributed by atoms with Crippen molar-refractivity contribution in [2.24, 2.45) is 5.92 Å². The number of thioether (sulfide) groups is 1. The lowest BCUT2D eigenvalue weighted by Gasteiger charge is -2.06. The summed E-state index contributed by atoms with van der Waals surface area (Å²) in [4.78, 5) is 10.6. The molecule has 0 fully saturated rings. The molecule has 1 rings (SSSR count). The first-order valence-corrected chi connectivity index (χ1v) is 6.19. The van der Waals surface area contributed by atoms with Crippen molar-refractivity contribution in [1.82, 2.24) is 0 Å². The van der Waals surface area contributed by atoms with Crippen LogP contribution in [0.1, 0.15) is 18.1 Å². The third kappa shape index (κ3) is 4.08. The predicted octanol–water partition coefficient (Wildman–Crippen LogP) is 2.65. The van der Waals surface area contributed by atoms with Crippen LogP contribution < -0.4 is 0 Å². The van der Waals surface area contributed by atoms with E-state index in [9.17, 15) is 9.18 Å². The summed E-state index contributed by atoms with van der Waals surface area (Å²) < 4.78 is 13.0. The highest BCUT2D eigenvalue weighted by Crippen LogP contribution is 2.18. The zero-order chi connectivity index (χ0) is 12.8. The van der Waals surface area contributed by atoms with Gasteiger partial charge in [-0.25, -0.2) is 4.39 Å². The van der Waals surface area contributed by atoms with E-state index in [1.165, 1.54) is 23.9 Å². The van der Waals surface area contributed by atoms with E-state index in [-0.39, 0.29) is 5.56 Å². The van der Waals surface area contributed by atoms with Crippen LogP contribution in [0.2, 0.25) is 0 Å². The fourth-order valence-corrected chi connectivity index (χ4v) is 2.20. The second-order valence-electron chi connectivity index (χ2n) is 3.68. The fraction of sp³-hybridized carbons (Fsp3) is 0.333. The summed E-state index contributed by atoms with van der Waals surface area (Å²) in [6.07, 6.45) is 0. The molecule has 1 unspecified atom stereocenters. The van der Waals surface area contributed by atoms with E-state index in [2.05, 4.69) is 0 Å². The summed E-state index contributed by atoms with van der Waals surface area (Å²) >= 11 is 1.46. The van der Waals surface area contributed by atoms with E-state index >= 15 is 0 Å². The molecule has 0 amide bonds. The number of rotatable bonds is 5. The van der Waals surface area contributed by atoms with Crippen LogP contribution in [0.15, 0.2) is 18.2 Å². The molecule has 1 N–H and O–H groups in total. The zero-order valence-corrected chi connectivity index (χ0v) is 10.1. The number of halogens is 1. The monoisotopic (exact) mass is 253 g/mol. The van der Waals surface area contributed by atoms with Gasteiger partial charge in [0.15, 0.2) is 0 Å². The van der Waals surface area contributed by atoms with Gasteiger partial charge >= 0.3 is 5.97 Å². The molecule has 0 saturated carbocycles. The molecule has 90 valence electrons. The molecule has 1 aromatic rings. The van der Waals surface area contributed by atoms with E-state index in [1.54, 1.807) is 19.1 Å². The molecule has 3 nitrogen and oxygen atoms in total. The Balaban J connectivity index is 2.53. The second-order valence-corrected chi connectivity index (χ2v) is 4.71. The lowest BCUT2D eigenvalue weighted by molar-refractivity contribution is -0.140. The number of hydrogen-bond acceptors (Lipinski definition) is 3. The van der Waals surface area contributed by atoms with Crippen molar-refractivity contribution in [1.29, 1.82) is 5.26 Å². The maximum absolute atomic E-state index is 13.0. The van der Waals surface area contributed by atoms with Crippen LogP contribution in [0, 0.1) is 23.1 Å². The lowest BCUT2D eigenvalue weighted by Crippen LogP contribution is -2.11. The first-order valence-electron chi connectivity index (χ1n) is 5.03. The van der Waals surface area contributed by atoms with Crippen molar-refractivity contribution in [3.05, 3.63) is 35.1 Å². The zero-order valence-electron chi connectivity index (χ0n) is 9.31. The van der Waals surface area contributed by atoms with Crippen molar-refractivity contribution in [2.45, 2.75) is 12.7 Å². The molecule has 0 aliphatic rings. The fourth-order valence-electron chi connectivity index (χ4n) is 1.17. The van der Waals surface area contributed by atoms with Crippen molar-refractivity contribution >= 4 is 17.7 Å². The molecule has 1 atom stereocenters.